The van der Waals surface area contributed by atoms with Gasteiger partial charge in [0.05, 0.1) is 34.0 Å². The number of carbonyl (C=O) groups excluding carboxylic acids is 1. The van der Waals surface area contributed by atoms with Gasteiger partial charge >= 0.3 is 0 Å². The Morgan fingerprint density at radius 2 is 1.54 bits per heavy atom. The summed E-state index contributed by atoms with van der Waals surface area (Å²) in [4.78, 5) is 15.6. The summed E-state index contributed by atoms with van der Waals surface area (Å²) in [5, 5.41) is 0. The van der Waals surface area contributed by atoms with E-state index in [4.69, 9.17) is 23.7 Å². The Bertz CT molecular complexity index is 1190. The Balaban J connectivity index is 1.63. The summed E-state index contributed by atoms with van der Waals surface area (Å²) >= 11 is 0. The lowest BCUT2D eigenvalue weighted by Gasteiger charge is -2.37. The molecule has 0 aliphatic carbocycles. The van der Waals surface area contributed by atoms with Gasteiger partial charge in [-0.3, -0.25) is 4.79 Å². The molecule has 3 aromatic carbocycles. The molecule has 1 aliphatic rings. The van der Waals surface area contributed by atoms with Gasteiger partial charge in [0.25, 0.3) is 5.91 Å². The first-order chi connectivity index (χ1) is 18.1. The molecule has 196 valence electrons. The SMILES string of the molecule is CCCCOc1ccc(C(=O)N2CCc3cc(OC)c(OC)cc3C2COc2ccccc2OC)cc1. The van der Waals surface area contributed by atoms with Crippen LogP contribution in [0.5, 0.6) is 28.7 Å². The van der Waals surface area contributed by atoms with Crippen molar-refractivity contribution in [2.24, 2.45) is 0 Å². The maximum Gasteiger partial charge on any atom is 0.254 e. The highest BCUT2D eigenvalue weighted by Gasteiger charge is 2.33. The molecule has 1 atom stereocenters. The summed E-state index contributed by atoms with van der Waals surface area (Å²) in [6.45, 7) is 3.60. The number of methoxy groups -OCH3 is 3. The van der Waals surface area contributed by atoms with Gasteiger partial charge in [0.1, 0.15) is 12.4 Å². The van der Waals surface area contributed by atoms with Crippen molar-refractivity contribution in [1.29, 1.82) is 0 Å². The van der Waals surface area contributed by atoms with Crippen LogP contribution >= 0.6 is 0 Å². The number of carbonyl (C=O) groups is 1. The van der Waals surface area contributed by atoms with Gasteiger partial charge in [0.15, 0.2) is 23.0 Å². The lowest BCUT2D eigenvalue weighted by molar-refractivity contribution is 0.0587. The molecule has 7 nitrogen and oxygen atoms in total. The van der Waals surface area contributed by atoms with Crippen LogP contribution in [-0.2, 0) is 6.42 Å². The minimum Gasteiger partial charge on any atom is -0.494 e. The second-order valence-electron chi connectivity index (χ2n) is 8.86. The Labute approximate surface area is 218 Å². The highest BCUT2D eigenvalue weighted by molar-refractivity contribution is 5.95. The highest BCUT2D eigenvalue weighted by atomic mass is 16.5. The normalized spacial score (nSPS) is 14.5. The maximum atomic E-state index is 13.8. The minimum absolute atomic E-state index is 0.0610. The van der Waals surface area contributed by atoms with E-state index in [1.54, 1.807) is 21.3 Å². The standard InChI is InChI=1S/C30H35NO6/c1-5-6-17-36-23-13-11-21(12-14-23)30(32)31-16-15-22-18-28(34-3)29(35-4)19-24(22)25(31)20-37-27-10-8-7-9-26(27)33-2/h7-14,18-19,25H,5-6,15-17,20H2,1-4H3. The predicted molar refractivity (Wildman–Crippen MR) is 142 cm³/mol. The lowest BCUT2D eigenvalue weighted by atomic mass is 9.91. The van der Waals surface area contributed by atoms with E-state index in [1.807, 2.05) is 65.6 Å². The Hall–Kier alpha value is -3.87. The fourth-order valence-electron chi connectivity index (χ4n) is 4.55. The van der Waals surface area contributed by atoms with Crippen molar-refractivity contribution in [2.45, 2.75) is 32.2 Å². The van der Waals surface area contributed by atoms with Crippen LogP contribution in [0.15, 0.2) is 60.7 Å². The molecule has 0 saturated heterocycles. The third kappa shape index (κ3) is 5.93. The zero-order valence-electron chi connectivity index (χ0n) is 22.0. The number of ether oxygens (including phenoxy) is 5. The van der Waals surface area contributed by atoms with Crippen molar-refractivity contribution in [1.82, 2.24) is 4.90 Å². The van der Waals surface area contributed by atoms with Gasteiger partial charge in [-0.05, 0) is 72.5 Å². The highest BCUT2D eigenvalue weighted by Crippen LogP contribution is 2.39. The number of hydrogen-bond donors (Lipinski definition) is 0. The Morgan fingerprint density at radius 3 is 2.22 bits per heavy atom. The van der Waals surface area contributed by atoms with E-state index in [2.05, 4.69) is 6.92 Å². The van der Waals surface area contributed by atoms with Crippen LogP contribution in [0.3, 0.4) is 0 Å². The van der Waals surface area contributed by atoms with Crippen LogP contribution in [0.25, 0.3) is 0 Å². The molecular weight excluding hydrogens is 470 g/mol. The number of para-hydroxylation sites is 2. The summed E-state index contributed by atoms with van der Waals surface area (Å²) in [6.07, 6.45) is 2.77. The molecule has 1 amide bonds. The zero-order chi connectivity index (χ0) is 26.2. The third-order valence-electron chi connectivity index (χ3n) is 6.60. The van der Waals surface area contributed by atoms with E-state index < -0.39 is 0 Å². The molecule has 37 heavy (non-hydrogen) atoms. The van der Waals surface area contributed by atoms with Gasteiger partial charge in [-0.25, -0.2) is 0 Å². The van der Waals surface area contributed by atoms with Gasteiger partial charge in [0, 0.05) is 12.1 Å². The molecule has 7 heteroatoms. The number of benzene rings is 3. The van der Waals surface area contributed by atoms with Crippen molar-refractivity contribution in [3.63, 3.8) is 0 Å². The molecule has 0 spiro atoms. The van der Waals surface area contributed by atoms with Crippen molar-refractivity contribution in [3.05, 3.63) is 77.4 Å². The number of nitrogens with zero attached hydrogens (tertiary/aromatic N) is 1. The fourth-order valence-corrected chi connectivity index (χ4v) is 4.55. The topological polar surface area (TPSA) is 66.5 Å². The number of unbranched alkanes of at least 4 members (excludes halogenated alkanes) is 1. The maximum absolute atomic E-state index is 13.8. The summed E-state index contributed by atoms with van der Waals surface area (Å²) in [5.74, 6) is 3.26. The van der Waals surface area contributed by atoms with Crippen LogP contribution in [0, 0.1) is 0 Å². The molecule has 4 rings (SSSR count). The van der Waals surface area contributed by atoms with Gasteiger partial charge in [-0.15, -0.1) is 0 Å². The van der Waals surface area contributed by atoms with Crippen molar-refractivity contribution in [2.75, 3.05) is 41.1 Å². The summed E-state index contributed by atoms with van der Waals surface area (Å²) in [7, 11) is 4.85. The third-order valence-corrected chi connectivity index (χ3v) is 6.60. The largest absolute Gasteiger partial charge is 0.494 e. The summed E-state index contributed by atoms with van der Waals surface area (Å²) < 4.78 is 28.6. The second-order valence-corrected chi connectivity index (χ2v) is 8.86. The van der Waals surface area contributed by atoms with Gasteiger partial charge in [-0.1, -0.05) is 25.5 Å². The average Bonchev–Trinajstić information content (AvgIpc) is 2.95. The molecule has 0 N–H and O–H groups in total. The quantitative estimate of drug-likeness (QED) is 0.311. The van der Waals surface area contributed by atoms with Gasteiger partial charge in [0.2, 0.25) is 0 Å². The van der Waals surface area contributed by atoms with Crippen LogP contribution < -0.4 is 23.7 Å². The molecule has 0 saturated carbocycles. The number of amides is 1. The monoisotopic (exact) mass is 505 g/mol. The summed E-state index contributed by atoms with van der Waals surface area (Å²) in [6, 6.07) is 18.5. The molecule has 3 aromatic rings. The molecule has 0 radical (unpaired) electrons. The van der Waals surface area contributed by atoms with E-state index in [0.29, 0.717) is 48.1 Å². The smallest absolute Gasteiger partial charge is 0.254 e. The number of hydrogen-bond acceptors (Lipinski definition) is 6. The Morgan fingerprint density at radius 1 is 0.865 bits per heavy atom. The molecule has 1 heterocycles. The van der Waals surface area contributed by atoms with E-state index in [9.17, 15) is 4.79 Å². The molecule has 0 aromatic heterocycles. The number of rotatable bonds is 11. The average molecular weight is 506 g/mol. The van der Waals surface area contributed by atoms with Gasteiger partial charge < -0.3 is 28.6 Å². The first kappa shape index (κ1) is 26.2. The van der Waals surface area contributed by atoms with E-state index in [1.165, 1.54) is 0 Å². The van der Waals surface area contributed by atoms with E-state index >= 15 is 0 Å². The molecule has 1 unspecified atom stereocenters. The van der Waals surface area contributed by atoms with Crippen LogP contribution in [0.1, 0.15) is 47.3 Å². The van der Waals surface area contributed by atoms with E-state index in [-0.39, 0.29) is 18.6 Å². The fraction of sp³-hybridized carbons (Fsp3) is 0.367. The van der Waals surface area contributed by atoms with Crippen LogP contribution in [0.2, 0.25) is 0 Å². The van der Waals surface area contributed by atoms with Crippen molar-refractivity contribution in [3.8, 4) is 28.7 Å². The zero-order valence-corrected chi connectivity index (χ0v) is 22.0. The predicted octanol–water partition coefficient (Wildman–Crippen LogP) is 5.71. The minimum atomic E-state index is -0.332. The van der Waals surface area contributed by atoms with Crippen molar-refractivity contribution >= 4 is 5.91 Å². The first-order valence-electron chi connectivity index (χ1n) is 12.6. The lowest BCUT2D eigenvalue weighted by Crippen LogP contribution is -2.42. The van der Waals surface area contributed by atoms with Gasteiger partial charge in [-0.2, -0.15) is 0 Å². The first-order valence-corrected chi connectivity index (χ1v) is 12.6. The second kappa shape index (κ2) is 12.4. The van der Waals surface area contributed by atoms with E-state index in [0.717, 1.165) is 29.7 Å². The van der Waals surface area contributed by atoms with Crippen molar-refractivity contribution < 1.29 is 28.5 Å². The molecule has 1 aliphatic heterocycles. The number of fused-ring (bicyclic) bond motifs is 1. The molecular formula is C30H35NO6. The molecule has 0 bridgehead atoms. The Kier molecular flexibility index (Phi) is 8.77. The summed E-state index contributed by atoms with van der Waals surface area (Å²) in [5.41, 5.74) is 2.69. The van der Waals surface area contributed by atoms with Crippen LogP contribution in [0.4, 0.5) is 0 Å². The molecule has 0 fully saturated rings. The van der Waals surface area contributed by atoms with Crippen LogP contribution in [-0.4, -0.2) is 51.9 Å².